The lowest BCUT2D eigenvalue weighted by Gasteiger charge is -2.11. The van der Waals surface area contributed by atoms with Crippen molar-refractivity contribution in [2.75, 3.05) is 0 Å². The summed E-state index contributed by atoms with van der Waals surface area (Å²) >= 11 is 0.997. The minimum atomic E-state index is -2.76. The molecule has 0 fully saturated rings. The Kier molecular flexibility index (Phi) is 6.87. The van der Waals surface area contributed by atoms with Crippen LogP contribution in [0.3, 0.4) is 0 Å². The molecular weight excluding hydrogens is 203 g/mol. The molecule has 0 aromatic heterocycles. The maximum Gasteiger partial charge on any atom is 0.328 e. The first kappa shape index (κ1) is 11.8. The Morgan fingerprint density at radius 1 is 1.45 bits per heavy atom. The van der Waals surface area contributed by atoms with Gasteiger partial charge in [0.25, 0.3) is 0 Å². The lowest BCUT2D eigenvalue weighted by Crippen LogP contribution is -2.03. The normalized spacial score (nSPS) is 16.8. The van der Waals surface area contributed by atoms with E-state index in [-0.39, 0.29) is 0 Å². The van der Waals surface area contributed by atoms with E-state index in [1.807, 2.05) is 0 Å². The SMILES string of the molecule is CC(C)C(C)SSO[PH](=O)O. The van der Waals surface area contributed by atoms with Gasteiger partial charge in [-0.25, -0.2) is 3.97 Å². The second-order valence-electron chi connectivity index (χ2n) is 2.46. The van der Waals surface area contributed by atoms with Gasteiger partial charge in [0.15, 0.2) is 0 Å². The van der Waals surface area contributed by atoms with Crippen LogP contribution >= 0.6 is 30.1 Å². The van der Waals surface area contributed by atoms with Crippen molar-refractivity contribution in [3.8, 4) is 0 Å². The third-order valence-electron chi connectivity index (χ3n) is 1.24. The highest BCUT2D eigenvalue weighted by atomic mass is 33.1. The third-order valence-corrected chi connectivity index (χ3v) is 4.76. The van der Waals surface area contributed by atoms with Gasteiger partial charge in [-0.15, -0.1) is 0 Å². The number of hydrogen-bond donors (Lipinski definition) is 1. The molecule has 2 atom stereocenters. The molecule has 0 aliphatic rings. The first-order chi connectivity index (χ1) is 5.04. The van der Waals surface area contributed by atoms with Gasteiger partial charge in [0.05, 0.1) is 11.1 Å². The molecule has 3 nitrogen and oxygen atoms in total. The quantitative estimate of drug-likeness (QED) is 0.435. The van der Waals surface area contributed by atoms with E-state index in [1.54, 1.807) is 0 Å². The van der Waals surface area contributed by atoms with Gasteiger partial charge in [0, 0.05) is 5.25 Å². The summed E-state index contributed by atoms with van der Waals surface area (Å²) in [5.41, 5.74) is 0. The molecule has 0 saturated heterocycles. The fraction of sp³-hybridized carbons (Fsp3) is 1.00. The van der Waals surface area contributed by atoms with Crippen LogP contribution in [-0.4, -0.2) is 10.1 Å². The summed E-state index contributed by atoms with van der Waals surface area (Å²) in [6.45, 7) is 6.25. The van der Waals surface area contributed by atoms with Crippen LogP contribution in [0.1, 0.15) is 20.8 Å². The monoisotopic (exact) mass is 216 g/mol. The zero-order valence-electron chi connectivity index (χ0n) is 6.73. The average molecular weight is 216 g/mol. The molecule has 2 unspecified atom stereocenters. The topological polar surface area (TPSA) is 46.5 Å². The maximum atomic E-state index is 10.1. The van der Waals surface area contributed by atoms with Gasteiger partial charge in [-0.1, -0.05) is 31.6 Å². The molecular formula is C5H13O3PS2. The predicted octanol–water partition coefficient (Wildman–Crippen LogP) is 2.73. The molecule has 0 radical (unpaired) electrons. The first-order valence-corrected chi connectivity index (χ1v) is 6.67. The minimum Gasteiger partial charge on any atom is -0.326 e. The molecule has 6 heteroatoms. The van der Waals surface area contributed by atoms with Crippen LogP contribution in [-0.2, 0) is 8.54 Å². The van der Waals surface area contributed by atoms with Crippen molar-refractivity contribution in [1.82, 2.24) is 0 Å². The Hall–Kier alpha value is 0.850. The van der Waals surface area contributed by atoms with E-state index >= 15 is 0 Å². The standard InChI is InChI=1S/C5H13O3PS2/c1-4(2)5(3)10-11-8-9(6)7/h4-5,9H,1-3H3,(H,6,7). The molecule has 68 valence electrons. The number of rotatable bonds is 5. The van der Waals surface area contributed by atoms with Crippen LogP contribution in [0, 0.1) is 5.92 Å². The van der Waals surface area contributed by atoms with Crippen LogP contribution in [0.25, 0.3) is 0 Å². The zero-order chi connectivity index (χ0) is 8.85. The summed E-state index contributed by atoms with van der Waals surface area (Å²) in [7, 11) is -1.29. The van der Waals surface area contributed by atoms with E-state index < -0.39 is 8.25 Å². The molecule has 0 aliphatic heterocycles. The van der Waals surface area contributed by atoms with E-state index in [9.17, 15) is 4.57 Å². The predicted molar refractivity (Wildman–Crippen MR) is 51.8 cm³/mol. The van der Waals surface area contributed by atoms with Crippen LogP contribution in [0.2, 0.25) is 0 Å². The van der Waals surface area contributed by atoms with Crippen molar-refractivity contribution in [1.29, 1.82) is 0 Å². The van der Waals surface area contributed by atoms with Gasteiger partial charge in [0.2, 0.25) is 0 Å². The summed E-state index contributed by atoms with van der Waals surface area (Å²) in [5, 5.41) is 0.432. The smallest absolute Gasteiger partial charge is 0.326 e. The molecule has 0 saturated carbocycles. The molecule has 0 aromatic rings. The zero-order valence-corrected chi connectivity index (χ0v) is 9.37. The van der Waals surface area contributed by atoms with Crippen molar-refractivity contribution in [3.63, 3.8) is 0 Å². The molecule has 0 amide bonds. The van der Waals surface area contributed by atoms with E-state index in [0.29, 0.717) is 11.2 Å². The molecule has 0 bridgehead atoms. The minimum absolute atomic E-state index is 0.432. The van der Waals surface area contributed by atoms with Gasteiger partial charge in [-0.2, -0.15) is 0 Å². The molecule has 1 N–H and O–H groups in total. The van der Waals surface area contributed by atoms with Crippen molar-refractivity contribution >= 4 is 30.1 Å². The first-order valence-electron chi connectivity index (χ1n) is 3.27. The lowest BCUT2D eigenvalue weighted by atomic mass is 10.2. The van der Waals surface area contributed by atoms with Crippen LogP contribution in [0.15, 0.2) is 0 Å². The van der Waals surface area contributed by atoms with E-state index in [4.69, 9.17) is 4.89 Å². The Balaban J connectivity index is 3.31. The van der Waals surface area contributed by atoms with Gasteiger partial charge in [0.1, 0.15) is 0 Å². The Morgan fingerprint density at radius 3 is 2.36 bits per heavy atom. The van der Waals surface area contributed by atoms with Crippen molar-refractivity contribution in [3.05, 3.63) is 0 Å². The van der Waals surface area contributed by atoms with Crippen LogP contribution in [0.5, 0.6) is 0 Å². The van der Waals surface area contributed by atoms with Crippen molar-refractivity contribution in [2.45, 2.75) is 26.0 Å². The van der Waals surface area contributed by atoms with Crippen LogP contribution in [0.4, 0.5) is 0 Å². The fourth-order valence-corrected chi connectivity index (χ4v) is 2.87. The molecule has 0 aromatic carbocycles. The third kappa shape index (κ3) is 7.22. The fourth-order valence-electron chi connectivity index (χ4n) is 0.222. The Labute approximate surface area is 75.8 Å². The molecule has 0 aliphatic carbocycles. The lowest BCUT2D eigenvalue weighted by molar-refractivity contribution is 0.434. The van der Waals surface area contributed by atoms with Gasteiger partial charge in [-0.05, 0) is 5.92 Å². The van der Waals surface area contributed by atoms with E-state index in [0.717, 1.165) is 11.1 Å². The summed E-state index contributed by atoms with van der Waals surface area (Å²) in [5.74, 6) is 0.553. The number of hydrogen-bond acceptors (Lipinski definition) is 4. The van der Waals surface area contributed by atoms with Gasteiger partial charge >= 0.3 is 8.25 Å². The summed E-state index contributed by atoms with van der Waals surface area (Å²) in [6.07, 6.45) is 0. The average Bonchev–Trinajstić information content (AvgIpc) is 1.86. The molecule has 0 rings (SSSR count). The Morgan fingerprint density at radius 2 is 2.00 bits per heavy atom. The Bertz CT molecular complexity index is 131. The highest BCUT2D eigenvalue weighted by Crippen LogP contribution is 2.37. The second kappa shape index (κ2) is 6.38. The molecule has 11 heavy (non-hydrogen) atoms. The molecule has 0 spiro atoms. The summed E-state index contributed by atoms with van der Waals surface area (Å²) in [4.78, 5) is 8.29. The summed E-state index contributed by atoms with van der Waals surface area (Å²) in [6, 6.07) is 0. The van der Waals surface area contributed by atoms with Crippen LogP contribution < -0.4 is 0 Å². The van der Waals surface area contributed by atoms with E-state index in [1.165, 1.54) is 10.8 Å². The summed E-state index contributed by atoms with van der Waals surface area (Å²) < 4.78 is 14.5. The van der Waals surface area contributed by atoms with Crippen molar-refractivity contribution in [2.24, 2.45) is 5.92 Å². The highest BCUT2D eigenvalue weighted by molar-refractivity contribution is 8.75. The van der Waals surface area contributed by atoms with Gasteiger partial charge in [-0.3, -0.25) is 4.57 Å². The van der Waals surface area contributed by atoms with Gasteiger partial charge < -0.3 is 4.89 Å². The van der Waals surface area contributed by atoms with Crippen molar-refractivity contribution < 1.29 is 13.4 Å². The second-order valence-corrected chi connectivity index (χ2v) is 5.72. The van der Waals surface area contributed by atoms with E-state index in [2.05, 4.69) is 24.7 Å². The largest absolute Gasteiger partial charge is 0.328 e. The highest BCUT2D eigenvalue weighted by Gasteiger charge is 2.08. The molecule has 0 heterocycles. The maximum absolute atomic E-state index is 10.1.